The third kappa shape index (κ3) is 3.89. The Kier molecular flexibility index (Phi) is 4.54. The number of pyridine rings is 1. The summed E-state index contributed by atoms with van der Waals surface area (Å²) in [5.41, 5.74) is 4.02. The van der Waals surface area contributed by atoms with Crippen molar-refractivity contribution in [1.82, 2.24) is 4.98 Å². The molecular formula is C10H8F6N2O3. The number of hydrogen-bond acceptors (Lipinski definition) is 5. The van der Waals surface area contributed by atoms with Crippen LogP contribution in [0.2, 0.25) is 0 Å². The second-order valence-electron chi connectivity index (χ2n) is 3.65. The van der Waals surface area contributed by atoms with Crippen LogP contribution < -0.4 is 10.5 Å². The Morgan fingerprint density at radius 3 is 2.19 bits per heavy atom. The summed E-state index contributed by atoms with van der Waals surface area (Å²) in [6.07, 6.45) is -14.8. The molecule has 1 aromatic rings. The van der Waals surface area contributed by atoms with Crippen molar-refractivity contribution in [2.24, 2.45) is 0 Å². The van der Waals surface area contributed by atoms with Crippen LogP contribution in [0.5, 0.6) is 5.88 Å². The average molecular weight is 318 g/mol. The summed E-state index contributed by atoms with van der Waals surface area (Å²) >= 11 is 0. The van der Waals surface area contributed by atoms with Gasteiger partial charge in [0.05, 0.1) is 12.7 Å². The maximum Gasteiger partial charge on any atom is 0.434 e. The van der Waals surface area contributed by atoms with Crippen molar-refractivity contribution in [3.8, 4) is 5.88 Å². The molecule has 118 valence electrons. The predicted octanol–water partition coefficient (Wildman–Crippen LogP) is 2.32. The Labute approximate surface area is 113 Å². The first kappa shape index (κ1) is 16.9. The van der Waals surface area contributed by atoms with E-state index in [1.54, 1.807) is 0 Å². The summed E-state index contributed by atoms with van der Waals surface area (Å²) in [6, 6.07) is 0.963. The average Bonchev–Trinajstić information content (AvgIpc) is 2.33. The molecule has 0 saturated heterocycles. The highest BCUT2D eigenvalue weighted by Gasteiger charge is 2.59. The van der Waals surface area contributed by atoms with Gasteiger partial charge in [0.1, 0.15) is 5.69 Å². The van der Waals surface area contributed by atoms with Gasteiger partial charge >= 0.3 is 18.3 Å². The number of hydrogen-bond donors (Lipinski definition) is 1. The Morgan fingerprint density at radius 1 is 1.24 bits per heavy atom. The highest BCUT2D eigenvalue weighted by molar-refractivity contribution is 5.95. The van der Waals surface area contributed by atoms with Crippen LogP contribution in [-0.4, -0.2) is 36.5 Å². The van der Waals surface area contributed by atoms with E-state index in [-0.39, 0.29) is 0 Å². The number of carbonyl (C=O) groups excluding carboxylic acids is 1. The van der Waals surface area contributed by atoms with E-state index >= 15 is 0 Å². The van der Waals surface area contributed by atoms with Crippen molar-refractivity contribution in [2.45, 2.75) is 18.5 Å². The van der Waals surface area contributed by atoms with Crippen LogP contribution >= 0.6 is 0 Å². The van der Waals surface area contributed by atoms with Crippen molar-refractivity contribution < 1.29 is 40.6 Å². The van der Waals surface area contributed by atoms with Crippen LogP contribution in [0.25, 0.3) is 0 Å². The molecule has 1 rings (SSSR count). The van der Waals surface area contributed by atoms with Crippen molar-refractivity contribution >= 4 is 11.7 Å². The van der Waals surface area contributed by atoms with Crippen LogP contribution in [0.4, 0.5) is 32.0 Å². The smallest absolute Gasteiger partial charge is 0.434 e. The Balaban J connectivity index is 3.20. The highest BCUT2D eigenvalue weighted by Crippen LogP contribution is 2.37. The molecule has 0 radical (unpaired) electrons. The molecule has 21 heavy (non-hydrogen) atoms. The van der Waals surface area contributed by atoms with Gasteiger partial charge in [0, 0.05) is 6.20 Å². The molecule has 0 fully saturated rings. The number of methoxy groups -OCH3 is 1. The van der Waals surface area contributed by atoms with Crippen LogP contribution in [0.1, 0.15) is 10.4 Å². The Bertz CT molecular complexity index is 515. The summed E-state index contributed by atoms with van der Waals surface area (Å²) in [5, 5.41) is 0. The number of anilines is 1. The summed E-state index contributed by atoms with van der Waals surface area (Å²) in [7, 11) is 0.955. The van der Waals surface area contributed by atoms with E-state index in [9.17, 15) is 31.1 Å². The number of ether oxygens (including phenoxy) is 2. The molecule has 0 aliphatic rings. The monoisotopic (exact) mass is 318 g/mol. The van der Waals surface area contributed by atoms with Gasteiger partial charge in [0.15, 0.2) is 0 Å². The van der Waals surface area contributed by atoms with Gasteiger partial charge in [-0.1, -0.05) is 0 Å². The predicted molar refractivity (Wildman–Crippen MR) is 56.5 cm³/mol. The fourth-order valence-corrected chi connectivity index (χ4v) is 1.27. The van der Waals surface area contributed by atoms with E-state index in [4.69, 9.17) is 5.73 Å². The van der Waals surface area contributed by atoms with Crippen LogP contribution in [0.15, 0.2) is 12.3 Å². The first-order chi connectivity index (χ1) is 9.48. The molecule has 2 N–H and O–H groups in total. The van der Waals surface area contributed by atoms with Gasteiger partial charge in [-0.15, -0.1) is 0 Å². The number of nitrogens with zero attached hydrogens (tertiary/aromatic N) is 1. The van der Waals surface area contributed by atoms with Crippen LogP contribution in [0, 0.1) is 0 Å². The molecule has 0 amide bonds. The van der Waals surface area contributed by atoms with E-state index in [2.05, 4.69) is 14.5 Å². The van der Waals surface area contributed by atoms with Crippen LogP contribution in [-0.2, 0) is 4.74 Å². The van der Waals surface area contributed by atoms with E-state index in [0.29, 0.717) is 0 Å². The van der Waals surface area contributed by atoms with E-state index < -0.39 is 41.6 Å². The first-order valence-corrected chi connectivity index (χ1v) is 5.11. The highest BCUT2D eigenvalue weighted by atomic mass is 19.4. The molecule has 0 atom stereocenters. The zero-order chi connectivity index (χ0) is 16.4. The lowest BCUT2D eigenvalue weighted by Crippen LogP contribution is -2.46. The van der Waals surface area contributed by atoms with Gasteiger partial charge in [-0.3, -0.25) is 0 Å². The van der Waals surface area contributed by atoms with Gasteiger partial charge in [-0.05, 0) is 6.07 Å². The van der Waals surface area contributed by atoms with E-state index in [1.807, 2.05) is 0 Å². The molecule has 0 saturated carbocycles. The molecule has 1 heterocycles. The van der Waals surface area contributed by atoms with Crippen molar-refractivity contribution in [3.63, 3.8) is 0 Å². The number of esters is 1. The summed E-state index contributed by atoms with van der Waals surface area (Å²) < 4.78 is 82.2. The van der Waals surface area contributed by atoms with Gasteiger partial charge < -0.3 is 15.2 Å². The molecule has 0 aliphatic carbocycles. The number of halogens is 6. The van der Waals surface area contributed by atoms with Crippen molar-refractivity contribution in [1.29, 1.82) is 0 Å². The minimum Gasteiger partial charge on any atom is -0.465 e. The number of carbonyl (C=O) groups is 1. The normalized spacial score (nSPS) is 12.4. The van der Waals surface area contributed by atoms with Crippen LogP contribution in [0.3, 0.4) is 0 Å². The molecule has 0 aliphatic heterocycles. The third-order valence-electron chi connectivity index (χ3n) is 2.18. The number of rotatable bonds is 3. The molecule has 0 bridgehead atoms. The largest absolute Gasteiger partial charge is 0.465 e. The minimum atomic E-state index is -5.73. The molecule has 1 aromatic heterocycles. The lowest BCUT2D eigenvalue weighted by atomic mass is 10.2. The van der Waals surface area contributed by atoms with Crippen molar-refractivity contribution in [2.75, 3.05) is 12.8 Å². The van der Waals surface area contributed by atoms with Gasteiger partial charge in [-0.2, -0.15) is 26.3 Å². The zero-order valence-corrected chi connectivity index (χ0v) is 10.2. The summed E-state index contributed by atoms with van der Waals surface area (Å²) in [5.74, 6) is -2.23. The van der Waals surface area contributed by atoms with E-state index in [1.165, 1.54) is 0 Å². The molecular weight excluding hydrogens is 310 g/mol. The molecule has 0 aromatic carbocycles. The lowest BCUT2D eigenvalue weighted by Gasteiger charge is -2.24. The minimum absolute atomic E-state index is 0.467. The second kappa shape index (κ2) is 5.66. The van der Waals surface area contributed by atoms with Gasteiger partial charge in [0.25, 0.3) is 6.10 Å². The summed E-state index contributed by atoms with van der Waals surface area (Å²) in [4.78, 5) is 14.4. The third-order valence-corrected chi connectivity index (χ3v) is 2.18. The number of aromatic nitrogens is 1. The number of nitrogen functional groups attached to an aromatic ring is 1. The first-order valence-electron chi connectivity index (χ1n) is 5.11. The topological polar surface area (TPSA) is 74.4 Å². The SMILES string of the molecule is COC(=O)c1ccnc(OC(C(F)(F)F)C(F)(F)F)c1N. The van der Waals surface area contributed by atoms with E-state index in [0.717, 1.165) is 19.4 Å². The quantitative estimate of drug-likeness (QED) is 0.684. The fourth-order valence-electron chi connectivity index (χ4n) is 1.27. The van der Waals surface area contributed by atoms with Gasteiger partial charge in [-0.25, -0.2) is 9.78 Å². The Hall–Kier alpha value is -2.20. The molecule has 0 unspecified atom stereocenters. The van der Waals surface area contributed by atoms with Crippen molar-refractivity contribution in [3.05, 3.63) is 17.8 Å². The number of alkyl halides is 6. The Morgan fingerprint density at radius 2 is 1.76 bits per heavy atom. The molecule has 5 nitrogen and oxygen atoms in total. The molecule has 11 heteroatoms. The van der Waals surface area contributed by atoms with Gasteiger partial charge in [0.2, 0.25) is 5.88 Å². The number of nitrogens with two attached hydrogens (primary N) is 1. The second-order valence-corrected chi connectivity index (χ2v) is 3.65. The standard InChI is InChI=1S/C10H8F6N2O3/c1-20-7(19)4-2-3-18-6(5(4)17)21-8(9(11,12)13)10(14,15)16/h2-3,8H,17H2,1H3. The maximum absolute atomic E-state index is 12.4. The molecule has 0 spiro atoms. The zero-order valence-electron chi connectivity index (χ0n) is 10.2. The fraction of sp³-hybridized carbons (Fsp3) is 0.400. The lowest BCUT2D eigenvalue weighted by molar-refractivity contribution is -0.300. The maximum atomic E-state index is 12.4. The summed E-state index contributed by atoms with van der Waals surface area (Å²) in [6.45, 7) is 0.